The maximum atomic E-state index is 12.9. The first-order valence-corrected chi connectivity index (χ1v) is 9.93. The average molecular weight is 435 g/mol. The highest BCUT2D eigenvalue weighted by Crippen LogP contribution is 2.30. The van der Waals surface area contributed by atoms with Crippen molar-refractivity contribution in [3.8, 4) is 6.07 Å². The minimum absolute atomic E-state index is 0.245. The molecule has 7 heteroatoms. The number of hydrogen-bond donors (Lipinski definition) is 1. The normalized spacial score (nSPS) is 21.0. The van der Waals surface area contributed by atoms with Crippen molar-refractivity contribution in [2.45, 2.75) is 13.1 Å². The number of halogens is 2. The zero-order valence-corrected chi connectivity index (χ0v) is 17.4. The number of amides is 1. The van der Waals surface area contributed by atoms with Gasteiger partial charge in [0.1, 0.15) is 6.17 Å². The number of carbonyl (C=O) groups excluding carboxylic acids is 1. The van der Waals surface area contributed by atoms with Gasteiger partial charge >= 0.3 is 0 Å². The van der Waals surface area contributed by atoms with E-state index in [0.717, 1.165) is 16.7 Å². The van der Waals surface area contributed by atoms with Gasteiger partial charge in [-0.3, -0.25) is 4.79 Å². The smallest absolute Gasteiger partial charge is 0.271 e. The number of hydrazone groups is 1. The highest BCUT2D eigenvalue weighted by Gasteiger charge is 2.28. The van der Waals surface area contributed by atoms with Crippen LogP contribution in [0.4, 0.5) is 0 Å². The van der Waals surface area contributed by atoms with E-state index < -0.39 is 6.17 Å². The van der Waals surface area contributed by atoms with Crippen LogP contribution in [0.5, 0.6) is 0 Å². The predicted molar refractivity (Wildman–Crippen MR) is 120 cm³/mol. The number of benzene rings is 2. The highest BCUT2D eigenvalue weighted by molar-refractivity contribution is 6.35. The topological polar surface area (TPSA) is 68.5 Å². The van der Waals surface area contributed by atoms with Crippen molar-refractivity contribution in [3.63, 3.8) is 0 Å². The van der Waals surface area contributed by atoms with Gasteiger partial charge < -0.3 is 5.32 Å². The van der Waals surface area contributed by atoms with Crippen LogP contribution in [0.15, 0.2) is 71.9 Å². The summed E-state index contributed by atoms with van der Waals surface area (Å²) < 4.78 is 0. The van der Waals surface area contributed by atoms with Gasteiger partial charge in [-0.25, -0.2) is 5.01 Å². The molecule has 0 fully saturated rings. The molecular formula is C23H16Cl2N4O. The van der Waals surface area contributed by atoms with Gasteiger partial charge in [-0.1, -0.05) is 47.5 Å². The van der Waals surface area contributed by atoms with Gasteiger partial charge in [-0.05, 0) is 54.5 Å². The number of allylic oxidation sites excluding steroid dienone is 3. The first-order valence-electron chi connectivity index (χ1n) is 9.17. The van der Waals surface area contributed by atoms with Crippen LogP contribution in [0, 0.1) is 11.3 Å². The zero-order chi connectivity index (χ0) is 21.3. The second kappa shape index (κ2) is 8.19. The second-order valence-corrected chi connectivity index (χ2v) is 7.68. The molecule has 0 aromatic heterocycles. The molecular weight excluding hydrogens is 419 g/mol. The van der Waals surface area contributed by atoms with Crippen LogP contribution in [-0.4, -0.2) is 22.8 Å². The third kappa shape index (κ3) is 4.02. The predicted octanol–water partition coefficient (Wildman–Crippen LogP) is 4.99. The number of fused-ring (bicyclic) bond motifs is 1. The van der Waals surface area contributed by atoms with Crippen LogP contribution < -0.4 is 5.32 Å². The van der Waals surface area contributed by atoms with Gasteiger partial charge in [0.05, 0.1) is 17.3 Å². The van der Waals surface area contributed by atoms with Crippen molar-refractivity contribution in [2.75, 3.05) is 0 Å². The minimum atomic E-state index is -0.519. The summed E-state index contributed by atoms with van der Waals surface area (Å²) in [4.78, 5) is 12.9. The van der Waals surface area contributed by atoms with E-state index in [-0.39, 0.29) is 5.91 Å². The Balaban J connectivity index is 1.76. The molecule has 0 radical (unpaired) electrons. The monoisotopic (exact) mass is 434 g/mol. The molecule has 2 aromatic rings. The fourth-order valence-electron chi connectivity index (χ4n) is 3.25. The number of nitriles is 1. The number of rotatable bonds is 2. The molecule has 2 aromatic carbocycles. The lowest BCUT2D eigenvalue weighted by molar-refractivity contribution is -0.128. The summed E-state index contributed by atoms with van der Waals surface area (Å²) in [7, 11) is 0. The van der Waals surface area contributed by atoms with Crippen LogP contribution in [-0.2, 0) is 4.79 Å². The van der Waals surface area contributed by atoms with Gasteiger partial charge in [0.15, 0.2) is 0 Å². The number of carbonyl (C=O) groups is 1. The zero-order valence-electron chi connectivity index (χ0n) is 15.9. The number of nitrogens with zero attached hydrogens (tertiary/aromatic N) is 3. The van der Waals surface area contributed by atoms with E-state index >= 15 is 0 Å². The fraction of sp³-hybridized carbons (Fsp3) is 0.0870. The molecule has 1 unspecified atom stereocenters. The molecule has 4 rings (SSSR count). The maximum absolute atomic E-state index is 12.9. The van der Waals surface area contributed by atoms with Gasteiger partial charge in [0, 0.05) is 27.4 Å². The van der Waals surface area contributed by atoms with Crippen molar-refractivity contribution in [3.05, 3.63) is 93.5 Å². The summed E-state index contributed by atoms with van der Waals surface area (Å²) in [5.74, 6) is -0.245. The summed E-state index contributed by atoms with van der Waals surface area (Å²) >= 11 is 12.5. The van der Waals surface area contributed by atoms with Crippen LogP contribution in [0.25, 0.3) is 11.3 Å². The first kappa shape index (κ1) is 20.0. The van der Waals surface area contributed by atoms with Gasteiger partial charge in [0.2, 0.25) is 0 Å². The molecule has 2 heterocycles. The van der Waals surface area contributed by atoms with Crippen molar-refractivity contribution in [2.24, 2.45) is 5.10 Å². The summed E-state index contributed by atoms with van der Waals surface area (Å²) in [6.07, 6.45) is 6.63. The van der Waals surface area contributed by atoms with E-state index in [0.29, 0.717) is 27.0 Å². The fourth-order valence-corrected chi connectivity index (χ4v) is 3.76. The third-order valence-electron chi connectivity index (χ3n) is 4.73. The van der Waals surface area contributed by atoms with Gasteiger partial charge in [0.25, 0.3) is 5.91 Å². The Morgan fingerprint density at radius 2 is 1.90 bits per heavy atom. The number of nitrogens with one attached hydrogen (secondary N) is 1. The Hall–Kier alpha value is -3.33. The summed E-state index contributed by atoms with van der Waals surface area (Å²) in [6.45, 7) is 1.83. The molecule has 5 nitrogen and oxygen atoms in total. The van der Waals surface area contributed by atoms with Crippen molar-refractivity contribution < 1.29 is 4.79 Å². The molecule has 0 aliphatic carbocycles. The van der Waals surface area contributed by atoms with Crippen LogP contribution >= 0.6 is 23.2 Å². The summed E-state index contributed by atoms with van der Waals surface area (Å²) in [6, 6.07) is 14.4. The van der Waals surface area contributed by atoms with E-state index in [1.54, 1.807) is 36.4 Å². The average Bonchev–Trinajstić information content (AvgIpc) is 2.72. The molecule has 0 saturated heterocycles. The van der Waals surface area contributed by atoms with E-state index in [9.17, 15) is 4.79 Å². The molecule has 1 amide bonds. The first-order chi connectivity index (χ1) is 14.4. The molecule has 30 heavy (non-hydrogen) atoms. The van der Waals surface area contributed by atoms with E-state index in [1.165, 1.54) is 11.1 Å². The van der Waals surface area contributed by atoms with Crippen LogP contribution in [0.2, 0.25) is 10.0 Å². The largest absolute Gasteiger partial charge is 0.360 e. The molecule has 0 bridgehead atoms. The molecule has 0 saturated carbocycles. The Labute approximate surface area is 184 Å². The lowest BCUT2D eigenvalue weighted by Crippen LogP contribution is -2.47. The van der Waals surface area contributed by atoms with Crippen LogP contribution in [0.1, 0.15) is 23.6 Å². The Kier molecular flexibility index (Phi) is 5.45. The molecule has 2 aliphatic rings. The quantitative estimate of drug-likeness (QED) is 0.723. The Morgan fingerprint density at radius 3 is 2.60 bits per heavy atom. The molecule has 1 N–H and O–H groups in total. The molecule has 0 spiro atoms. The van der Waals surface area contributed by atoms with Gasteiger partial charge in [-0.2, -0.15) is 10.4 Å². The van der Waals surface area contributed by atoms with E-state index in [2.05, 4.69) is 16.5 Å². The summed E-state index contributed by atoms with van der Waals surface area (Å²) in [5.41, 5.74) is 4.33. The van der Waals surface area contributed by atoms with E-state index in [1.807, 2.05) is 31.2 Å². The Bertz CT molecular complexity index is 1190. The standard InChI is InChI=1S/C23H16Cl2N4O/c1-14-2-5-17(19-9-8-18(24)11-20(19)25)10-22-27-21(12-23(30)29(22)28-14)16-6-3-15(13-26)4-7-16/h2-12,22,27H,1H3/b5-2-,17-10?,28-14-. The van der Waals surface area contributed by atoms with E-state index in [4.69, 9.17) is 28.5 Å². The highest BCUT2D eigenvalue weighted by atomic mass is 35.5. The molecule has 1 atom stereocenters. The SMILES string of the molecule is CC1=N/N2C(=O)C=C(c3ccc(C#N)cc3)NC2C=C(c2ccc(Cl)cc2Cl)/C=C\1. The second-order valence-electron chi connectivity index (χ2n) is 6.84. The van der Waals surface area contributed by atoms with Crippen molar-refractivity contribution >= 4 is 46.1 Å². The van der Waals surface area contributed by atoms with Crippen LogP contribution in [0.3, 0.4) is 0 Å². The minimum Gasteiger partial charge on any atom is -0.360 e. The van der Waals surface area contributed by atoms with Gasteiger partial charge in [-0.15, -0.1) is 0 Å². The molecule has 148 valence electrons. The lowest BCUT2D eigenvalue weighted by Gasteiger charge is -2.33. The lowest BCUT2D eigenvalue weighted by atomic mass is 10.0. The number of hydrogen-bond acceptors (Lipinski definition) is 4. The van der Waals surface area contributed by atoms with Crippen molar-refractivity contribution in [1.29, 1.82) is 5.26 Å². The molecule has 2 aliphatic heterocycles. The summed E-state index contributed by atoms with van der Waals surface area (Å²) in [5, 5.41) is 19.3. The maximum Gasteiger partial charge on any atom is 0.271 e. The third-order valence-corrected chi connectivity index (χ3v) is 5.28. The van der Waals surface area contributed by atoms with Crippen molar-refractivity contribution in [1.82, 2.24) is 10.3 Å². The Morgan fingerprint density at radius 1 is 1.13 bits per heavy atom.